The van der Waals surface area contributed by atoms with Crippen molar-refractivity contribution in [1.29, 1.82) is 0 Å². The first-order valence-electron chi connectivity index (χ1n) is 11.6. The highest BCUT2D eigenvalue weighted by molar-refractivity contribution is 7.89. The number of nitrogens with two attached hydrogens (primary N) is 1. The van der Waals surface area contributed by atoms with Gasteiger partial charge in [0.2, 0.25) is 21.9 Å². The molecule has 0 saturated carbocycles. The molecule has 1 fully saturated rings. The third-order valence-corrected chi connectivity index (χ3v) is 7.94. The number of ether oxygens (including phenoxy) is 2. The summed E-state index contributed by atoms with van der Waals surface area (Å²) in [6, 6.07) is 6.69. The molecule has 1 aliphatic heterocycles. The molecule has 0 aliphatic carbocycles. The van der Waals surface area contributed by atoms with Gasteiger partial charge >= 0.3 is 0 Å². The Morgan fingerprint density at radius 3 is 2.53 bits per heavy atom. The minimum Gasteiger partial charge on any atom is -0.495 e. The van der Waals surface area contributed by atoms with Crippen LogP contribution in [-0.2, 0) is 14.8 Å². The largest absolute Gasteiger partial charge is 0.495 e. The van der Waals surface area contributed by atoms with E-state index in [4.69, 9.17) is 37.8 Å². The Balaban J connectivity index is 1.57. The topological polar surface area (TPSA) is 137 Å². The van der Waals surface area contributed by atoms with E-state index in [-0.39, 0.29) is 30.2 Å². The highest BCUT2D eigenvalue weighted by Gasteiger charge is 2.35. The van der Waals surface area contributed by atoms with Crippen LogP contribution in [0.2, 0.25) is 10.0 Å². The molecule has 38 heavy (non-hydrogen) atoms. The van der Waals surface area contributed by atoms with Crippen LogP contribution in [0.4, 0.5) is 5.95 Å². The normalized spacial score (nSPS) is 17.4. The fourth-order valence-electron chi connectivity index (χ4n) is 4.56. The van der Waals surface area contributed by atoms with Crippen molar-refractivity contribution in [3.8, 4) is 22.6 Å². The van der Waals surface area contributed by atoms with Crippen LogP contribution in [0, 0.1) is 0 Å². The standard InChI is InChI=1S/C25H27Cl2N5O5S/c1-4-21(33)32-13-16(10-17(32)7-8-38(28,34)35)30-25-29-12-15-9-14(5-6-18(15)31-25)22-23(26)19(36-2)11-20(37-3)24(22)27/h4-6,9,11-12,16-17H,1,7-8,10,13H2,2-3H3,(H2,28,34,35)(H,29,30,31)/t16-,17+/m0/s1. The molecule has 10 nitrogen and oxygen atoms in total. The summed E-state index contributed by atoms with van der Waals surface area (Å²) in [7, 11) is -0.616. The Hall–Kier alpha value is -3.12. The van der Waals surface area contributed by atoms with Crippen molar-refractivity contribution in [2.24, 2.45) is 5.14 Å². The number of aromatic nitrogens is 2. The first kappa shape index (κ1) is 27.9. The fourth-order valence-corrected chi connectivity index (χ4v) is 5.88. The maximum absolute atomic E-state index is 12.3. The number of sulfonamides is 1. The van der Waals surface area contributed by atoms with Crippen LogP contribution >= 0.6 is 23.2 Å². The van der Waals surface area contributed by atoms with E-state index in [0.717, 1.165) is 10.9 Å². The lowest BCUT2D eigenvalue weighted by atomic mass is 10.0. The third-order valence-electron chi connectivity index (χ3n) is 6.38. The van der Waals surface area contributed by atoms with Gasteiger partial charge in [-0.25, -0.2) is 23.5 Å². The van der Waals surface area contributed by atoms with Crippen molar-refractivity contribution in [2.75, 3.05) is 31.8 Å². The van der Waals surface area contributed by atoms with E-state index in [9.17, 15) is 13.2 Å². The van der Waals surface area contributed by atoms with Crippen molar-refractivity contribution in [3.05, 3.63) is 53.2 Å². The minimum absolute atomic E-state index is 0.178. The van der Waals surface area contributed by atoms with E-state index in [2.05, 4.69) is 21.9 Å². The number of hydrogen-bond donors (Lipinski definition) is 2. The summed E-state index contributed by atoms with van der Waals surface area (Å²) < 4.78 is 33.6. The van der Waals surface area contributed by atoms with Gasteiger partial charge in [0.15, 0.2) is 0 Å². The number of carbonyl (C=O) groups excluding carboxylic acids is 1. The van der Waals surface area contributed by atoms with E-state index < -0.39 is 10.0 Å². The Morgan fingerprint density at radius 1 is 1.24 bits per heavy atom. The second kappa shape index (κ2) is 11.3. The highest BCUT2D eigenvalue weighted by atomic mass is 35.5. The van der Waals surface area contributed by atoms with Crippen LogP contribution in [-0.4, -0.2) is 67.8 Å². The number of nitrogens with one attached hydrogen (secondary N) is 1. The SMILES string of the molecule is C=CC(=O)N1C[C@@H](Nc2ncc3cc(-c4c(Cl)c(OC)cc(OC)c4Cl)ccc3n2)C[C@H]1CCS(N)(=O)=O. The van der Waals surface area contributed by atoms with Gasteiger partial charge < -0.3 is 19.7 Å². The van der Waals surface area contributed by atoms with Gasteiger partial charge in [-0.1, -0.05) is 35.8 Å². The number of hydrogen-bond acceptors (Lipinski definition) is 8. The Morgan fingerprint density at radius 2 is 1.92 bits per heavy atom. The molecule has 13 heteroatoms. The maximum atomic E-state index is 12.3. The van der Waals surface area contributed by atoms with Gasteiger partial charge in [0.05, 0.1) is 35.5 Å². The average molecular weight is 580 g/mol. The van der Waals surface area contributed by atoms with Gasteiger partial charge in [-0.15, -0.1) is 0 Å². The number of halogens is 2. The molecule has 1 amide bonds. The molecule has 0 unspecified atom stereocenters. The number of rotatable bonds is 9. The lowest BCUT2D eigenvalue weighted by molar-refractivity contribution is -0.126. The number of fused-ring (bicyclic) bond motifs is 1. The molecule has 202 valence electrons. The summed E-state index contributed by atoms with van der Waals surface area (Å²) in [6.45, 7) is 3.90. The lowest BCUT2D eigenvalue weighted by Crippen LogP contribution is -2.36. The number of benzene rings is 2. The molecular formula is C25H27Cl2N5O5S. The molecule has 1 aliphatic rings. The summed E-state index contributed by atoms with van der Waals surface area (Å²) in [5.41, 5.74) is 1.98. The number of anilines is 1. The zero-order valence-electron chi connectivity index (χ0n) is 20.8. The molecule has 0 bridgehead atoms. The molecule has 4 rings (SSSR count). The van der Waals surface area contributed by atoms with E-state index in [1.807, 2.05) is 18.2 Å². The second-order valence-corrected chi connectivity index (χ2v) is 11.3. The summed E-state index contributed by atoms with van der Waals surface area (Å²) in [4.78, 5) is 23.0. The molecule has 1 aromatic heterocycles. The molecular weight excluding hydrogens is 553 g/mol. The molecule has 2 heterocycles. The number of methoxy groups -OCH3 is 2. The predicted molar refractivity (Wildman–Crippen MR) is 148 cm³/mol. The summed E-state index contributed by atoms with van der Waals surface area (Å²) in [5, 5.41) is 9.88. The summed E-state index contributed by atoms with van der Waals surface area (Å²) >= 11 is 13.1. The number of nitrogens with zero attached hydrogens (tertiary/aromatic N) is 3. The monoisotopic (exact) mass is 579 g/mol. The molecule has 3 aromatic rings. The van der Waals surface area contributed by atoms with Crippen LogP contribution in [0.3, 0.4) is 0 Å². The van der Waals surface area contributed by atoms with E-state index in [0.29, 0.717) is 51.5 Å². The highest BCUT2D eigenvalue weighted by Crippen LogP contribution is 2.46. The van der Waals surface area contributed by atoms with Gasteiger partial charge in [0.1, 0.15) is 11.5 Å². The van der Waals surface area contributed by atoms with Crippen molar-refractivity contribution in [2.45, 2.75) is 24.9 Å². The average Bonchev–Trinajstić information content (AvgIpc) is 3.29. The first-order valence-corrected chi connectivity index (χ1v) is 14.1. The quantitative estimate of drug-likeness (QED) is 0.364. The molecule has 2 aromatic carbocycles. The van der Waals surface area contributed by atoms with Crippen LogP contribution in [0.25, 0.3) is 22.0 Å². The van der Waals surface area contributed by atoms with Gasteiger partial charge in [-0.3, -0.25) is 4.79 Å². The van der Waals surface area contributed by atoms with Crippen LogP contribution < -0.4 is 19.9 Å². The van der Waals surface area contributed by atoms with Gasteiger partial charge in [-0.05, 0) is 36.6 Å². The van der Waals surface area contributed by atoms with Crippen LogP contribution in [0.5, 0.6) is 11.5 Å². The zero-order chi connectivity index (χ0) is 27.6. The Kier molecular flexibility index (Phi) is 8.31. The number of primary sulfonamides is 1. The Labute approximate surface area is 230 Å². The summed E-state index contributed by atoms with van der Waals surface area (Å²) in [5.74, 6) is 0.760. The van der Waals surface area contributed by atoms with Crippen LogP contribution in [0.15, 0.2) is 43.1 Å². The number of carbonyl (C=O) groups is 1. The molecule has 3 N–H and O–H groups in total. The lowest BCUT2D eigenvalue weighted by Gasteiger charge is -2.22. The van der Waals surface area contributed by atoms with E-state index in [1.165, 1.54) is 20.3 Å². The smallest absolute Gasteiger partial charge is 0.246 e. The predicted octanol–water partition coefficient (Wildman–Crippen LogP) is 3.87. The van der Waals surface area contributed by atoms with Crippen molar-refractivity contribution < 1.29 is 22.7 Å². The number of likely N-dealkylation sites (tertiary alicyclic amines) is 1. The molecule has 0 radical (unpaired) electrons. The summed E-state index contributed by atoms with van der Waals surface area (Å²) in [6.07, 6.45) is 3.64. The molecule has 1 saturated heterocycles. The maximum Gasteiger partial charge on any atom is 0.246 e. The number of amides is 1. The first-order chi connectivity index (χ1) is 18.0. The van der Waals surface area contributed by atoms with Crippen molar-refractivity contribution >= 4 is 56.0 Å². The van der Waals surface area contributed by atoms with Crippen molar-refractivity contribution in [1.82, 2.24) is 14.9 Å². The third kappa shape index (κ3) is 5.96. The fraction of sp³-hybridized carbons (Fsp3) is 0.320. The Bertz CT molecular complexity index is 1470. The van der Waals surface area contributed by atoms with Gasteiger partial charge in [0.25, 0.3) is 0 Å². The minimum atomic E-state index is -3.64. The van der Waals surface area contributed by atoms with Gasteiger partial charge in [-0.2, -0.15) is 0 Å². The molecule has 0 spiro atoms. The van der Waals surface area contributed by atoms with Gasteiger partial charge in [0, 0.05) is 41.8 Å². The van der Waals surface area contributed by atoms with Crippen molar-refractivity contribution in [3.63, 3.8) is 0 Å². The van der Waals surface area contributed by atoms with E-state index in [1.54, 1.807) is 17.2 Å². The van der Waals surface area contributed by atoms with Crippen LogP contribution in [0.1, 0.15) is 12.8 Å². The molecule has 2 atom stereocenters. The second-order valence-electron chi connectivity index (χ2n) is 8.83. The zero-order valence-corrected chi connectivity index (χ0v) is 23.1. The van der Waals surface area contributed by atoms with E-state index >= 15 is 0 Å².